The Balaban J connectivity index is 1.49. The molecule has 24 heavy (non-hydrogen) atoms. The molecule has 1 unspecified atom stereocenters. The van der Waals surface area contributed by atoms with Crippen molar-refractivity contribution in [3.05, 3.63) is 35.6 Å². The van der Waals surface area contributed by atoms with Crippen LogP contribution in [0.15, 0.2) is 24.3 Å². The standard InChI is InChI=1S/C18H23FN2O3/c19-15-3-1-2-13(10-15)14-8-9-21(11-14)18(24)20-16-6-4-12(5-7-16)17(22)23/h1-3,10,12,14,16H,4-9,11H2,(H,20,24)(H,22,23). The molecule has 0 radical (unpaired) electrons. The molecule has 1 saturated carbocycles. The molecule has 1 heterocycles. The van der Waals surface area contributed by atoms with E-state index in [1.54, 1.807) is 17.0 Å². The van der Waals surface area contributed by atoms with Gasteiger partial charge in [0.2, 0.25) is 0 Å². The van der Waals surface area contributed by atoms with E-state index in [9.17, 15) is 14.0 Å². The SMILES string of the molecule is O=C(O)C1CCC(NC(=O)N2CCC(c3cccc(F)c3)C2)CC1. The van der Waals surface area contributed by atoms with Crippen molar-refractivity contribution < 1.29 is 19.1 Å². The summed E-state index contributed by atoms with van der Waals surface area (Å²) in [6.07, 6.45) is 3.49. The summed E-state index contributed by atoms with van der Waals surface area (Å²) in [7, 11) is 0. The Kier molecular flexibility index (Phi) is 5.02. The first kappa shape index (κ1) is 16.7. The maximum absolute atomic E-state index is 13.3. The molecule has 2 aliphatic rings. The fraction of sp³-hybridized carbons (Fsp3) is 0.556. The molecule has 6 heteroatoms. The minimum Gasteiger partial charge on any atom is -0.481 e. The van der Waals surface area contributed by atoms with Crippen LogP contribution in [0.1, 0.15) is 43.6 Å². The van der Waals surface area contributed by atoms with E-state index in [0.717, 1.165) is 12.0 Å². The minimum absolute atomic E-state index is 0.0568. The lowest BCUT2D eigenvalue weighted by atomic mass is 9.86. The molecule has 5 nitrogen and oxygen atoms in total. The number of rotatable bonds is 3. The van der Waals surface area contributed by atoms with Gasteiger partial charge in [0.05, 0.1) is 5.92 Å². The van der Waals surface area contributed by atoms with Crippen LogP contribution in [0.4, 0.5) is 9.18 Å². The fourth-order valence-electron chi connectivity index (χ4n) is 3.73. The van der Waals surface area contributed by atoms with Crippen LogP contribution in [-0.4, -0.2) is 41.1 Å². The van der Waals surface area contributed by atoms with Gasteiger partial charge < -0.3 is 15.3 Å². The normalized spacial score (nSPS) is 27.0. The molecule has 1 aromatic rings. The molecule has 1 aromatic carbocycles. The molecule has 3 rings (SSSR count). The number of likely N-dealkylation sites (tertiary alicyclic amines) is 1. The van der Waals surface area contributed by atoms with Crippen LogP contribution >= 0.6 is 0 Å². The molecule has 130 valence electrons. The number of benzene rings is 1. The molecule has 1 atom stereocenters. The zero-order valence-electron chi connectivity index (χ0n) is 13.6. The van der Waals surface area contributed by atoms with Crippen LogP contribution in [0.2, 0.25) is 0 Å². The van der Waals surface area contributed by atoms with Crippen LogP contribution in [-0.2, 0) is 4.79 Å². The van der Waals surface area contributed by atoms with Crippen LogP contribution in [0.5, 0.6) is 0 Å². The summed E-state index contributed by atoms with van der Waals surface area (Å²) in [5.74, 6) is -1.08. The summed E-state index contributed by atoms with van der Waals surface area (Å²) in [6, 6.07) is 6.54. The second-order valence-corrected chi connectivity index (χ2v) is 6.82. The number of nitrogens with one attached hydrogen (secondary N) is 1. The van der Waals surface area contributed by atoms with Crippen LogP contribution < -0.4 is 5.32 Å². The molecule has 0 aromatic heterocycles. The van der Waals surface area contributed by atoms with Crippen LogP contribution in [0.3, 0.4) is 0 Å². The second-order valence-electron chi connectivity index (χ2n) is 6.82. The van der Waals surface area contributed by atoms with Gasteiger partial charge in [-0.15, -0.1) is 0 Å². The topological polar surface area (TPSA) is 69.6 Å². The molecule has 0 bridgehead atoms. The van der Waals surface area contributed by atoms with Crippen molar-refractivity contribution in [2.75, 3.05) is 13.1 Å². The highest BCUT2D eigenvalue weighted by Gasteiger charge is 2.31. The predicted octanol–water partition coefficient (Wildman–Crippen LogP) is 2.97. The molecular weight excluding hydrogens is 311 g/mol. The van der Waals surface area contributed by atoms with Crippen molar-refractivity contribution >= 4 is 12.0 Å². The van der Waals surface area contributed by atoms with E-state index < -0.39 is 5.97 Å². The summed E-state index contributed by atoms with van der Waals surface area (Å²) >= 11 is 0. The lowest BCUT2D eigenvalue weighted by Crippen LogP contribution is -2.45. The number of halogens is 1. The third-order valence-electron chi connectivity index (χ3n) is 5.20. The highest BCUT2D eigenvalue weighted by Crippen LogP contribution is 2.28. The number of hydrogen-bond donors (Lipinski definition) is 2. The molecule has 2 fully saturated rings. The number of aliphatic carboxylic acids is 1. The number of carbonyl (C=O) groups is 2. The first-order valence-electron chi connectivity index (χ1n) is 8.56. The highest BCUT2D eigenvalue weighted by molar-refractivity contribution is 5.75. The van der Waals surface area contributed by atoms with Gasteiger partial charge in [-0.25, -0.2) is 9.18 Å². The Morgan fingerprint density at radius 2 is 1.92 bits per heavy atom. The zero-order valence-corrected chi connectivity index (χ0v) is 13.6. The molecule has 1 aliphatic heterocycles. The molecule has 0 spiro atoms. The third-order valence-corrected chi connectivity index (χ3v) is 5.20. The van der Waals surface area contributed by atoms with Gasteiger partial charge in [-0.2, -0.15) is 0 Å². The van der Waals surface area contributed by atoms with Crippen molar-refractivity contribution in [2.24, 2.45) is 5.92 Å². The first-order chi connectivity index (χ1) is 11.5. The van der Waals surface area contributed by atoms with Gasteiger partial charge in [-0.1, -0.05) is 12.1 Å². The highest BCUT2D eigenvalue weighted by atomic mass is 19.1. The van der Waals surface area contributed by atoms with Crippen molar-refractivity contribution in [3.63, 3.8) is 0 Å². The first-order valence-corrected chi connectivity index (χ1v) is 8.56. The van der Waals surface area contributed by atoms with E-state index >= 15 is 0 Å². The number of hydrogen-bond acceptors (Lipinski definition) is 2. The molecular formula is C18H23FN2O3. The van der Waals surface area contributed by atoms with Gasteiger partial charge in [0.1, 0.15) is 5.82 Å². The Labute approximate surface area is 140 Å². The van der Waals surface area contributed by atoms with Crippen molar-refractivity contribution in [1.29, 1.82) is 0 Å². The van der Waals surface area contributed by atoms with Gasteiger partial charge in [0, 0.05) is 25.0 Å². The average molecular weight is 334 g/mol. The summed E-state index contributed by atoms with van der Waals surface area (Å²) in [5.41, 5.74) is 0.937. The molecule has 2 N–H and O–H groups in total. The number of carbonyl (C=O) groups excluding carboxylic acids is 1. The van der Waals surface area contributed by atoms with E-state index in [-0.39, 0.29) is 29.7 Å². The van der Waals surface area contributed by atoms with Gasteiger partial charge >= 0.3 is 12.0 Å². The van der Waals surface area contributed by atoms with Crippen LogP contribution in [0, 0.1) is 11.7 Å². The summed E-state index contributed by atoms with van der Waals surface area (Å²) < 4.78 is 13.3. The molecule has 1 saturated heterocycles. The Morgan fingerprint density at radius 1 is 1.17 bits per heavy atom. The number of amides is 2. The maximum Gasteiger partial charge on any atom is 0.317 e. The van der Waals surface area contributed by atoms with E-state index in [1.807, 2.05) is 6.07 Å². The average Bonchev–Trinajstić information content (AvgIpc) is 3.05. The van der Waals surface area contributed by atoms with Crippen molar-refractivity contribution in [3.8, 4) is 0 Å². The molecule has 2 amide bonds. The summed E-state index contributed by atoms with van der Waals surface area (Å²) in [6.45, 7) is 1.26. The number of carboxylic acid groups (broad SMARTS) is 1. The number of nitrogens with zero attached hydrogens (tertiary/aromatic N) is 1. The molecule has 1 aliphatic carbocycles. The largest absolute Gasteiger partial charge is 0.481 e. The Bertz CT molecular complexity index is 614. The number of urea groups is 1. The summed E-state index contributed by atoms with van der Waals surface area (Å²) in [5, 5.41) is 12.0. The van der Waals surface area contributed by atoms with Gasteiger partial charge in [-0.05, 0) is 49.8 Å². The second kappa shape index (κ2) is 7.20. The van der Waals surface area contributed by atoms with E-state index in [1.165, 1.54) is 6.07 Å². The van der Waals surface area contributed by atoms with Crippen molar-refractivity contribution in [2.45, 2.75) is 44.1 Å². The van der Waals surface area contributed by atoms with Gasteiger partial charge in [-0.3, -0.25) is 4.79 Å². The monoisotopic (exact) mass is 334 g/mol. The maximum atomic E-state index is 13.3. The lowest BCUT2D eigenvalue weighted by Gasteiger charge is -2.28. The Hall–Kier alpha value is -2.11. The smallest absolute Gasteiger partial charge is 0.317 e. The summed E-state index contributed by atoms with van der Waals surface area (Å²) in [4.78, 5) is 25.1. The minimum atomic E-state index is -0.739. The van der Waals surface area contributed by atoms with E-state index in [2.05, 4.69) is 5.32 Å². The van der Waals surface area contributed by atoms with E-state index in [0.29, 0.717) is 38.8 Å². The van der Waals surface area contributed by atoms with Crippen molar-refractivity contribution in [1.82, 2.24) is 10.2 Å². The fourth-order valence-corrected chi connectivity index (χ4v) is 3.73. The quantitative estimate of drug-likeness (QED) is 0.893. The van der Waals surface area contributed by atoms with Crippen LogP contribution in [0.25, 0.3) is 0 Å². The predicted molar refractivity (Wildman–Crippen MR) is 87.2 cm³/mol. The van der Waals surface area contributed by atoms with E-state index in [4.69, 9.17) is 5.11 Å². The number of carboxylic acids is 1. The van der Waals surface area contributed by atoms with Gasteiger partial charge in [0.25, 0.3) is 0 Å². The Morgan fingerprint density at radius 3 is 2.58 bits per heavy atom. The lowest BCUT2D eigenvalue weighted by molar-refractivity contribution is -0.142. The third kappa shape index (κ3) is 3.86. The zero-order chi connectivity index (χ0) is 17.1. The van der Waals surface area contributed by atoms with Gasteiger partial charge in [0.15, 0.2) is 0 Å².